The van der Waals surface area contributed by atoms with Crippen molar-refractivity contribution in [3.8, 4) is 0 Å². The average molecular weight is 336 g/mol. The summed E-state index contributed by atoms with van der Waals surface area (Å²) in [6.45, 7) is 3.11. The smallest absolute Gasteiger partial charge is 0.166 e. The molecule has 0 spiro atoms. The van der Waals surface area contributed by atoms with E-state index in [9.17, 15) is 0 Å². The first-order valence-electron chi connectivity index (χ1n) is 9.15. The Labute approximate surface area is 145 Å². The number of piperidine rings is 1. The van der Waals surface area contributed by atoms with Crippen LogP contribution in [0, 0.1) is 0 Å². The third-order valence-electron chi connectivity index (χ3n) is 5.10. The third kappa shape index (κ3) is 4.95. The molecule has 1 unspecified atom stereocenters. The number of nitrogens with one attached hydrogen (secondary N) is 2. The van der Waals surface area contributed by atoms with Crippen molar-refractivity contribution in [1.82, 2.24) is 15.5 Å². The van der Waals surface area contributed by atoms with Crippen LogP contribution < -0.4 is 10.6 Å². The van der Waals surface area contributed by atoms with E-state index < -0.39 is 0 Å². The van der Waals surface area contributed by atoms with Crippen molar-refractivity contribution in [2.75, 3.05) is 19.6 Å². The van der Waals surface area contributed by atoms with E-state index in [1.54, 1.807) is 6.26 Å². The van der Waals surface area contributed by atoms with Crippen molar-refractivity contribution >= 4 is 17.3 Å². The van der Waals surface area contributed by atoms with Gasteiger partial charge < -0.3 is 15.1 Å². The molecule has 1 atom stereocenters. The minimum atomic E-state index is 0.274. The number of hydrogen-bond donors (Lipinski definition) is 2. The molecular formula is C18H29N3OS. The molecule has 2 N–H and O–H groups in total. The van der Waals surface area contributed by atoms with Crippen LogP contribution in [0.5, 0.6) is 0 Å². The maximum atomic E-state index is 5.69. The quantitative estimate of drug-likeness (QED) is 0.805. The molecule has 23 heavy (non-hydrogen) atoms. The van der Waals surface area contributed by atoms with Gasteiger partial charge in [-0.3, -0.25) is 4.90 Å². The van der Waals surface area contributed by atoms with Gasteiger partial charge >= 0.3 is 0 Å². The van der Waals surface area contributed by atoms with Gasteiger partial charge in [0.2, 0.25) is 0 Å². The molecule has 0 aromatic carbocycles. The standard InChI is InChI=1S/C18H29N3OS/c23-18(20-15-8-3-1-4-9-15)19-14-16(17-10-7-13-22-17)21-11-5-2-6-12-21/h7,10,13,15-16H,1-6,8-9,11-12,14H2,(H2,19,20,23). The van der Waals surface area contributed by atoms with E-state index in [0.717, 1.165) is 30.5 Å². The molecule has 1 aromatic heterocycles. The molecule has 0 radical (unpaired) electrons. The summed E-state index contributed by atoms with van der Waals surface area (Å²) in [5.41, 5.74) is 0. The zero-order chi connectivity index (χ0) is 15.9. The Bertz CT molecular complexity index is 465. The van der Waals surface area contributed by atoms with Gasteiger partial charge in [0.05, 0.1) is 12.3 Å². The summed E-state index contributed by atoms with van der Waals surface area (Å²) in [6, 6.07) is 4.89. The Morgan fingerprint density at radius 1 is 1.17 bits per heavy atom. The van der Waals surface area contributed by atoms with Gasteiger partial charge in [-0.2, -0.15) is 0 Å². The zero-order valence-corrected chi connectivity index (χ0v) is 14.7. The lowest BCUT2D eigenvalue weighted by molar-refractivity contribution is 0.146. The second-order valence-electron chi connectivity index (χ2n) is 6.82. The van der Waals surface area contributed by atoms with Crippen LogP contribution >= 0.6 is 12.2 Å². The van der Waals surface area contributed by atoms with Crippen molar-refractivity contribution < 1.29 is 4.42 Å². The van der Waals surface area contributed by atoms with Gasteiger partial charge in [0.15, 0.2) is 5.11 Å². The van der Waals surface area contributed by atoms with Crippen LogP contribution in [-0.4, -0.2) is 35.7 Å². The highest BCUT2D eigenvalue weighted by Crippen LogP contribution is 2.24. The van der Waals surface area contributed by atoms with E-state index in [2.05, 4.69) is 21.6 Å². The van der Waals surface area contributed by atoms with E-state index >= 15 is 0 Å². The van der Waals surface area contributed by atoms with Crippen molar-refractivity contribution in [1.29, 1.82) is 0 Å². The largest absolute Gasteiger partial charge is 0.468 e. The molecule has 4 nitrogen and oxygen atoms in total. The van der Waals surface area contributed by atoms with Crippen molar-refractivity contribution in [3.05, 3.63) is 24.2 Å². The summed E-state index contributed by atoms with van der Waals surface area (Å²) >= 11 is 5.51. The fourth-order valence-corrected chi connectivity index (χ4v) is 4.04. The lowest BCUT2D eigenvalue weighted by Gasteiger charge is -2.34. The Balaban J connectivity index is 1.52. The summed E-state index contributed by atoms with van der Waals surface area (Å²) in [4.78, 5) is 2.53. The SMILES string of the molecule is S=C(NCC(c1ccco1)N1CCCCC1)NC1CCCCC1. The zero-order valence-electron chi connectivity index (χ0n) is 13.9. The Kier molecular flexibility index (Phi) is 6.34. The van der Waals surface area contributed by atoms with E-state index in [0.29, 0.717) is 6.04 Å². The average Bonchev–Trinajstić information content (AvgIpc) is 3.11. The molecule has 1 saturated carbocycles. The summed E-state index contributed by atoms with van der Waals surface area (Å²) < 4.78 is 5.69. The predicted molar refractivity (Wildman–Crippen MR) is 97.5 cm³/mol. The van der Waals surface area contributed by atoms with Gasteiger partial charge in [0, 0.05) is 12.6 Å². The van der Waals surface area contributed by atoms with Gasteiger partial charge in [-0.15, -0.1) is 0 Å². The van der Waals surface area contributed by atoms with Crippen molar-refractivity contribution in [2.24, 2.45) is 0 Å². The number of rotatable bonds is 5. The van der Waals surface area contributed by atoms with Gasteiger partial charge in [0.25, 0.3) is 0 Å². The topological polar surface area (TPSA) is 40.4 Å². The van der Waals surface area contributed by atoms with E-state index in [1.807, 2.05) is 6.07 Å². The lowest BCUT2D eigenvalue weighted by atomic mass is 9.96. The summed E-state index contributed by atoms with van der Waals surface area (Å²) in [6.07, 6.45) is 12.2. The van der Waals surface area contributed by atoms with Crippen LogP contribution in [0.3, 0.4) is 0 Å². The fraction of sp³-hybridized carbons (Fsp3) is 0.722. The Morgan fingerprint density at radius 3 is 2.61 bits per heavy atom. The van der Waals surface area contributed by atoms with Gasteiger partial charge in [-0.05, 0) is 63.1 Å². The molecule has 2 aliphatic rings. The first-order valence-corrected chi connectivity index (χ1v) is 9.55. The lowest BCUT2D eigenvalue weighted by Crippen LogP contribution is -2.46. The van der Waals surface area contributed by atoms with Crippen molar-refractivity contribution in [2.45, 2.75) is 63.5 Å². The minimum Gasteiger partial charge on any atom is -0.468 e. The highest BCUT2D eigenvalue weighted by molar-refractivity contribution is 7.80. The highest BCUT2D eigenvalue weighted by Gasteiger charge is 2.24. The molecule has 1 aromatic rings. The van der Waals surface area contributed by atoms with Crippen LogP contribution in [0.2, 0.25) is 0 Å². The van der Waals surface area contributed by atoms with Crippen LogP contribution in [0.1, 0.15) is 63.2 Å². The first-order chi connectivity index (χ1) is 11.3. The number of nitrogens with zero attached hydrogens (tertiary/aromatic N) is 1. The van der Waals surface area contributed by atoms with E-state index in [-0.39, 0.29) is 6.04 Å². The normalized spacial score (nSPS) is 21.7. The molecule has 2 fully saturated rings. The first kappa shape index (κ1) is 16.8. The molecule has 0 amide bonds. The van der Waals surface area contributed by atoms with E-state index in [1.165, 1.54) is 51.4 Å². The van der Waals surface area contributed by atoms with Gasteiger partial charge in [-0.25, -0.2) is 0 Å². The van der Waals surface area contributed by atoms with Gasteiger partial charge in [-0.1, -0.05) is 25.7 Å². The molecule has 1 aliphatic heterocycles. The second-order valence-corrected chi connectivity index (χ2v) is 7.23. The highest BCUT2D eigenvalue weighted by atomic mass is 32.1. The molecule has 1 aliphatic carbocycles. The molecule has 3 rings (SSSR count). The third-order valence-corrected chi connectivity index (χ3v) is 5.36. The Hall–Kier alpha value is -1.07. The molecule has 5 heteroatoms. The molecule has 1 saturated heterocycles. The Morgan fingerprint density at radius 2 is 1.91 bits per heavy atom. The van der Waals surface area contributed by atoms with Crippen LogP contribution in [0.15, 0.2) is 22.8 Å². The van der Waals surface area contributed by atoms with E-state index in [4.69, 9.17) is 16.6 Å². The van der Waals surface area contributed by atoms with Crippen LogP contribution in [0.25, 0.3) is 0 Å². The van der Waals surface area contributed by atoms with Crippen molar-refractivity contribution in [3.63, 3.8) is 0 Å². The number of thiocarbonyl (C=S) groups is 1. The minimum absolute atomic E-state index is 0.274. The monoisotopic (exact) mass is 335 g/mol. The maximum Gasteiger partial charge on any atom is 0.166 e. The van der Waals surface area contributed by atoms with Crippen LogP contribution in [0.4, 0.5) is 0 Å². The number of likely N-dealkylation sites (tertiary alicyclic amines) is 1. The summed E-state index contributed by atoms with van der Waals surface area (Å²) in [7, 11) is 0. The predicted octanol–water partition coefficient (Wildman–Crippen LogP) is 3.60. The molecule has 2 heterocycles. The van der Waals surface area contributed by atoms with Crippen LogP contribution in [-0.2, 0) is 0 Å². The molecular weight excluding hydrogens is 306 g/mol. The number of hydrogen-bond acceptors (Lipinski definition) is 3. The molecule has 0 bridgehead atoms. The summed E-state index contributed by atoms with van der Waals surface area (Å²) in [5, 5.41) is 7.72. The van der Waals surface area contributed by atoms with Gasteiger partial charge in [0.1, 0.15) is 5.76 Å². The fourth-order valence-electron chi connectivity index (χ4n) is 3.79. The summed E-state index contributed by atoms with van der Waals surface area (Å²) in [5.74, 6) is 1.04. The number of furan rings is 1. The maximum absolute atomic E-state index is 5.69. The second kappa shape index (κ2) is 8.69. The molecule has 128 valence electrons.